The van der Waals surface area contributed by atoms with E-state index in [4.69, 9.17) is 0 Å². The van der Waals surface area contributed by atoms with Gasteiger partial charge in [0.1, 0.15) is 0 Å². The second-order valence-corrected chi connectivity index (χ2v) is 7.12. The van der Waals surface area contributed by atoms with E-state index in [1.165, 1.54) is 55.2 Å². The Bertz CT molecular complexity index is 457. The van der Waals surface area contributed by atoms with Crippen molar-refractivity contribution in [3.05, 3.63) is 16.1 Å². The first-order chi connectivity index (χ1) is 10.8. The highest BCUT2D eigenvalue weighted by Crippen LogP contribution is 2.11. The lowest BCUT2D eigenvalue weighted by Gasteiger charge is -2.15. The van der Waals surface area contributed by atoms with Crippen LogP contribution >= 0.6 is 35.3 Å². The van der Waals surface area contributed by atoms with Gasteiger partial charge in [0.2, 0.25) is 0 Å². The highest BCUT2D eigenvalue weighted by atomic mass is 127. The Labute approximate surface area is 161 Å². The zero-order chi connectivity index (χ0) is 15.6. The fourth-order valence-electron chi connectivity index (χ4n) is 2.70. The van der Waals surface area contributed by atoms with Crippen molar-refractivity contribution in [1.29, 1.82) is 0 Å². The van der Waals surface area contributed by atoms with Gasteiger partial charge in [-0.05, 0) is 52.2 Å². The van der Waals surface area contributed by atoms with Gasteiger partial charge >= 0.3 is 0 Å². The first kappa shape index (κ1) is 20.6. The maximum absolute atomic E-state index is 4.38. The molecule has 0 spiro atoms. The van der Waals surface area contributed by atoms with Crippen molar-refractivity contribution in [2.24, 2.45) is 4.99 Å². The Kier molecular flexibility index (Phi) is 10.8. The molecule has 1 aromatic rings. The second-order valence-electron chi connectivity index (χ2n) is 5.80. The van der Waals surface area contributed by atoms with Crippen molar-refractivity contribution >= 4 is 41.3 Å². The molecule has 5 nitrogen and oxygen atoms in total. The van der Waals surface area contributed by atoms with Crippen LogP contribution in [0.4, 0.5) is 0 Å². The number of aliphatic imine (C=N–C) groups is 1. The number of unbranched alkanes of at least 4 members (excludes halogenated alkanes) is 1. The molecule has 2 rings (SSSR count). The summed E-state index contributed by atoms with van der Waals surface area (Å²) in [4.78, 5) is 12.5. The minimum atomic E-state index is 0. The number of nitrogens with one attached hydrogen (secondary N) is 2. The van der Waals surface area contributed by atoms with E-state index in [1.807, 2.05) is 13.2 Å². The number of aryl methyl sites for hydroxylation is 1. The Morgan fingerprint density at radius 1 is 1.26 bits per heavy atom. The molecular formula is C16H30IN5S. The second kappa shape index (κ2) is 12.0. The lowest BCUT2D eigenvalue weighted by atomic mass is 10.3. The highest BCUT2D eigenvalue weighted by Gasteiger charge is 2.10. The number of halogens is 1. The van der Waals surface area contributed by atoms with Gasteiger partial charge in [-0.1, -0.05) is 0 Å². The molecule has 0 amide bonds. The summed E-state index contributed by atoms with van der Waals surface area (Å²) in [6, 6.07) is 0. The first-order valence-corrected chi connectivity index (χ1v) is 9.18. The standard InChI is InChI=1S/C16H29N5S.HI/c1-14-13-20-15(22-14)7-9-19-16(17-2)18-8-3-4-10-21-11-5-6-12-21;/h13H,3-12H2,1-2H3,(H2,17,18,19);1H. The quantitative estimate of drug-likeness (QED) is 0.276. The molecule has 1 aliphatic heterocycles. The van der Waals surface area contributed by atoms with Crippen molar-refractivity contribution in [3.63, 3.8) is 0 Å². The summed E-state index contributed by atoms with van der Waals surface area (Å²) in [7, 11) is 1.83. The van der Waals surface area contributed by atoms with Crippen LogP contribution in [0.15, 0.2) is 11.2 Å². The smallest absolute Gasteiger partial charge is 0.190 e. The van der Waals surface area contributed by atoms with E-state index in [2.05, 4.69) is 32.4 Å². The third-order valence-corrected chi connectivity index (χ3v) is 4.89. The molecule has 1 fully saturated rings. The maximum Gasteiger partial charge on any atom is 0.190 e. The van der Waals surface area contributed by atoms with Crippen molar-refractivity contribution in [3.8, 4) is 0 Å². The molecule has 0 bridgehead atoms. The third-order valence-electron chi connectivity index (χ3n) is 3.92. The van der Waals surface area contributed by atoms with Crippen LogP contribution in [0.1, 0.15) is 35.6 Å². The largest absolute Gasteiger partial charge is 0.356 e. The van der Waals surface area contributed by atoms with Gasteiger partial charge in [0.25, 0.3) is 0 Å². The average Bonchev–Trinajstić information content (AvgIpc) is 3.17. The molecule has 0 atom stereocenters. The Hall–Kier alpha value is -0.410. The highest BCUT2D eigenvalue weighted by molar-refractivity contribution is 14.0. The predicted octanol–water partition coefficient (Wildman–Crippen LogP) is 2.65. The minimum absolute atomic E-state index is 0. The number of thiazole rings is 1. The number of rotatable bonds is 8. The maximum atomic E-state index is 4.38. The van der Waals surface area contributed by atoms with Gasteiger partial charge in [-0.25, -0.2) is 4.98 Å². The van der Waals surface area contributed by atoms with Crippen LogP contribution < -0.4 is 10.6 Å². The van der Waals surface area contributed by atoms with Crippen molar-refractivity contribution in [2.75, 3.05) is 39.8 Å². The fourth-order valence-corrected chi connectivity index (χ4v) is 3.49. The van der Waals surface area contributed by atoms with Crippen LogP contribution in [0.5, 0.6) is 0 Å². The number of likely N-dealkylation sites (tertiary alicyclic amines) is 1. The molecule has 132 valence electrons. The average molecular weight is 451 g/mol. The molecule has 0 aliphatic carbocycles. The van der Waals surface area contributed by atoms with Gasteiger partial charge in [-0.2, -0.15) is 0 Å². The van der Waals surface area contributed by atoms with Gasteiger partial charge < -0.3 is 15.5 Å². The molecule has 0 saturated carbocycles. The lowest BCUT2D eigenvalue weighted by Crippen LogP contribution is -2.38. The van der Waals surface area contributed by atoms with Gasteiger partial charge in [-0.15, -0.1) is 35.3 Å². The van der Waals surface area contributed by atoms with E-state index in [0.717, 1.165) is 25.5 Å². The topological polar surface area (TPSA) is 52.6 Å². The van der Waals surface area contributed by atoms with Gasteiger partial charge in [0.15, 0.2) is 5.96 Å². The van der Waals surface area contributed by atoms with Crippen LogP contribution in [0.2, 0.25) is 0 Å². The number of hydrogen-bond acceptors (Lipinski definition) is 4. The molecule has 1 aromatic heterocycles. The molecular weight excluding hydrogens is 421 g/mol. The summed E-state index contributed by atoms with van der Waals surface area (Å²) in [5.74, 6) is 0.898. The van der Waals surface area contributed by atoms with Crippen LogP contribution in [0.3, 0.4) is 0 Å². The monoisotopic (exact) mass is 451 g/mol. The Morgan fingerprint density at radius 2 is 2.00 bits per heavy atom. The van der Waals surface area contributed by atoms with Gasteiger partial charge in [0.05, 0.1) is 5.01 Å². The molecule has 2 N–H and O–H groups in total. The van der Waals surface area contributed by atoms with Crippen LogP contribution in [0, 0.1) is 6.92 Å². The predicted molar refractivity (Wildman–Crippen MR) is 110 cm³/mol. The van der Waals surface area contributed by atoms with E-state index >= 15 is 0 Å². The van der Waals surface area contributed by atoms with Crippen LogP contribution in [-0.4, -0.2) is 55.6 Å². The molecule has 0 radical (unpaired) electrons. The van der Waals surface area contributed by atoms with Gasteiger partial charge in [0, 0.05) is 37.6 Å². The molecule has 0 unspecified atom stereocenters. The zero-order valence-electron chi connectivity index (χ0n) is 14.3. The first-order valence-electron chi connectivity index (χ1n) is 8.36. The van der Waals surface area contributed by atoms with Crippen LogP contribution in [-0.2, 0) is 6.42 Å². The van der Waals surface area contributed by atoms with E-state index in [1.54, 1.807) is 11.3 Å². The number of nitrogens with zero attached hydrogens (tertiary/aromatic N) is 3. The van der Waals surface area contributed by atoms with Gasteiger partial charge in [-0.3, -0.25) is 4.99 Å². The Morgan fingerprint density at radius 3 is 2.65 bits per heavy atom. The van der Waals surface area contributed by atoms with E-state index < -0.39 is 0 Å². The zero-order valence-corrected chi connectivity index (χ0v) is 17.5. The summed E-state index contributed by atoms with van der Waals surface area (Å²) < 4.78 is 0. The SMILES string of the molecule is CN=C(NCCCCN1CCCC1)NCCc1ncc(C)s1.I. The van der Waals surface area contributed by atoms with Crippen molar-refractivity contribution in [1.82, 2.24) is 20.5 Å². The summed E-state index contributed by atoms with van der Waals surface area (Å²) in [6.07, 6.45) is 8.12. The lowest BCUT2D eigenvalue weighted by molar-refractivity contribution is 0.330. The minimum Gasteiger partial charge on any atom is -0.356 e. The van der Waals surface area contributed by atoms with E-state index in [0.29, 0.717) is 0 Å². The molecule has 0 aromatic carbocycles. The van der Waals surface area contributed by atoms with Crippen molar-refractivity contribution in [2.45, 2.75) is 39.0 Å². The molecule has 23 heavy (non-hydrogen) atoms. The summed E-state index contributed by atoms with van der Waals surface area (Å²) >= 11 is 1.77. The number of aromatic nitrogens is 1. The normalized spacial score (nSPS) is 15.5. The summed E-state index contributed by atoms with van der Waals surface area (Å²) in [5.41, 5.74) is 0. The molecule has 1 saturated heterocycles. The third kappa shape index (κ3) is 8.30. The van der Waals surface area contributed by atoms with Crippen molar-refractivity contribution < 1.29 is 0 Å². The molecule has 1 aliphatic rings. The fraction of sp³-hybridized carbons (Fsp3) is 0.750. The van der Waals surface area contributed by atoms with E-state index in [-0.39, 0.29) is 24.0 Å². The summed E-state index contributed by atoms with van der Waals surface area (Å²) in [6.45, 7) is 7.80. The summed E-state index contributed by atoms with van der Waals surface area (Å²) in [5, 5.41) is 7.93. The van der Waals surface area contributed by atoms with E-state index in [9.17, 15) is 0 Å². The molecule has 7 heteroatoms. The number of hydrogen-bond donors (Lipinski definition) is 2. The van der Waals surface area contributed by atoms with Crippen LogP contribution in [0.25, 0.3) is 0 Å². The Balaban J connectivity index is 0.00000264. The molecule has 2 heterocycles. The number of guanidine groups is 1.